The second-order valence-corrected chi connectivity index (χ2v) is 9.97. The van der Waals surface area contributed by atoms with E-state index in [1.165, 1.54) is 28.5 Å². The van der Waals surface area contributed by atoms with Crippen molar-refractivity contribution in [1.82, 2.24) is 4.98 Å². The smallest absolute Gasteiger partial charge is 0.450 e. The zero-order valence-electron chi connectivity index (χ0n) is 20.0. The summed E-state index contributed by atoms with van der Waals surface area (Å²) < 4.78 is 16.0. The van der Waals surface area contributed by atoms with Crippen LogP contribution in [0, 0.1) is 25.6 Å². The van der Waals surface area contributed by atoms with Gasteiger partial charge in [0, 0.05) is 11.5 Å². The summed E-state index contributed by atoms with van der Waals surface area (Å²) in [5.74, 6) is 0.0701. The molecule has 0 saturated heterocycles. The number of anilines is 2. The number of carbonyl (C=O) groups is 2. The van der Waals surface area contributed by atoms with Gasteiger partial charge in [-0.1, -0.05) is 60.6 Å². The summed E-state index contributed by atoms with van der Waals surface area (Å²) in [5, 5.41) is 17.8. The van der Waals surface area contributed by atoms with Gasteiger partial charge in [0.2, 0.25) is 0 Å². The first-order valence-electron chi connectivity index (χ1n) is 11.7. The Morgan fingerprint density at radius 2 is 1.61 bits per heavy atom. The standard InChI is InChI=1S/C27H25FN2OS.CH2O3/c1-16-13-17(2)26-24(14-16)30-27(32-26)29-23-12-11-21(15-22(23)28)18-7-9-20(10-8-18)25(31)19-5-3-4-6-19;2-1(3)4/h7-15,19H,3-6H2,1-2H3,(H,29,30);(H2,2,3,4). The highest BCUT2D eigenvalue weighted by molar-refractivity contribution is 7.22. The third-order valence-corrected chi connectivity index (χ3v) is 7.38. The maximum absolute atomic E-state index is 14.9. The lowest BCUT2D eigenvalue weighted by Gasteiger charge is -2.10. The molecule has 6 nitrogen and oxygen atoms in total. The van der Waals surface area contributed by atoms with Crippen molar-refractivity contribution in [3.63, 3.8) is 0 Å². The fraction of sp³-hybridized carbons (Fsp3) is 0.250. The molecule has 0 aliphatic heterocycles. The molecule has 3 aromatic carbocycles. The van der Waals surface area contributed by atoms with Crippen LogP contribution in [-0.4, -0.2) is 27.1 Å². The predicted octanol–water partition coefficient (Wildman–Crippen LogP) is 8.06. The molecule has 0 spiro atoms. The molecule has 1 heterocycles. The Hall–Kier alpha value is -3.78. The summed E-state index contributed by atoms with van der Waals surface area (Å²) in [6.45, 7) is 4.12. The molecule has 0 radical (unpaired) electrons. The van der Waals surface area contributed by atoms with Crippen molar-refractivity contribution in [2.24, 2.45) is 5.92 Å². The molecule has 3 N–H and O–H groups in total. The van der Waals surface area contributed by atoms with Gasteiger partial charge in [-0.05, 0) is 67.1 Å². The molecule has 1 aliphatic carbocycles. The SMILES string of the molecule is Cc1cc(C)c2sc(Nc3ccc(-c4ccc(C(=O)C5CCCC5)cc4)cc3F)nc2c1.O=C(O)O. The number of Topliss-reactive ketones (excluding diaryl/α,β-unsaturated/α-hetero) is 1. The molecule has 0 unspecified atom stereocenters. The van der Waals surface area contributed by atoms with Crippen molar-refractivity contribution in [1.29, 1.82) is 0 Å². The van der Waals surface area contributed by atoms with Gasteiger partial charge >= 0.3 is 6.16 Å². The van der Waals surface area contributed by atoms with Crippen LogP contribution in [0.2, 0.25) is 0 Å². The minimum Gasteiger partial charge on any atom is -0.450 e. The minimum atomic E-state index is -1.83. The van der Waals surface area contributed by atoms with Crippen molar-refractivity contribution in [3.05, 3.63) is 77.1 Å². The number of hydrogen-bond donors (Lipinski definition) is 3. The maximum Gasteiger partial charge on any atom is 0.503 e. The quantitative estimate of drug-likeness (QED) is 0.237. The molecule has 36 heavy (non-hydrogen) atoms. The predicted molar refractivity (Wildman–Crippen MR) is 141 cm³/mol. The highest BCUT2D eigenvalue weighted by Crippen LogP contribution is 2.33. The molecule has 1 fully saturated rings. The average Bonchev–Trinajstić information content (AvgIpc) is 3.50. The monoisotopic (exact) mass is 506 g/mol. The number of ketones is 1. The maximum atomic E-state index is 14.9. The van der Waals surface area contributed by atoms with Gasteiger partial charge in [0.25, 0.3) is 0 Å². The Balaban J connectivity index is 0.000000709. The van der Waals surface area contributed by atoms with Crippen LogP contribution in [-0.2, 0) is 0 Å². The van der Waals surface area contributed by atoms with E-state index in [2.05, 4.69) is 30.2 Å². The molecule has 0 atom stereocenters. The molecule has 5 rings (SSSR count). The van der Waals surface area contributed by atoms with E-state index in [0.29, 0.717) is 10.8 Å². The van der Waals surface area contributed by atoms with Gasteiger partial charge in [-0.15, -0.1) is 0 Å². The van der Waals surface area contributed by atoms with Gasteiger partial charge in [-0.3, -0.25) is 4.79 Å². The summed E-state index contributed by atoms with van der Waals surface area (Å²) in [5.41, 5.74) is 6.10. The Morgan fingerprint density at radius 1 is 0.972 bits per heavy atom. The molecule has 1 aliphatic rings. The number of halogens is 1. The van der Waals surface area contributed by atoms with Crippen molar-refractivity contribution in [3.8, 4) is 11.1 Å². The van der Waals surface area contributed by atoms with Gasteiger partial charge in [0.05, 0.1) is 15.9 Å². The van der Waals surface area contributed by atoms with Crippen molar-refractivity contribution >= 4 is 44.3 Å². The van der Waals surface area contributed by atoms with Crippen LogP contribution in [0.5, 0.6) is 0 Å². The largest absolute Gasteiger partial charge is 0.503 e. The van der Waals surface area contributed by atoms with E-state index >= 15 is 0 Å². The van der Waals surface area contributed by atoms with Gasteiger partial charge < -0.3 is 15.5 Å². The molecular formula is C28H27FN2O4S. The van der Waals surface area contributed by atoms with Crippen LogP contribution in [0.4, 0.5) is 20.0 Å². The first kappa shape index (κ1) is 25.3. The summed E-state index contributed by atoms with van der Waals surface area (Å²) in [4.78, 5) is 25.8. The summed E-state index contributed by atoms with van der Waals surface area (Å²) >= 11 is 1.53. The Labute approximate surface area is 212 Å². The third-order valence-electron chi connectivity index (χ3n) is 6.26. The van der Waals surface area contributed by atoms with Crippen LogP contribution < -0.4 is 5.32 Å². The zero-order chi connectivity index (χ0) is 25.8. The number of aryl methyl sites for hydroxylation is 2. The highest BCUT2D eigenvalue weighted by atomic mass is 32.1. The normalized spacial score (nSPS) is 13.3. The fourth-order valence-electron chi connectivity index (χ4n) is 4.59. The Morgan fingerprint density at radius 3 is 2.25 bits per heavy atom. The number of thiazole rings is 1. The molecule has 1 aromatic heterocycles. The molecule has 0 bridgehead atoms. The third kappa shape index (κ3) is 5.88. The van der Waals surface area contributed by atoms with Crippen LogP contribution in [0.25, 0.3) is 21.3 Å². The number of fused-ring (bicyclic) bond motifs is 1. The molecule has 0 amide bonds. The Bertz CT molecular complexity index is 1410. The average molecular weight is 507 g/mol. The first-order valence-corrected chi connectivity index (χ1v) is 12.5. The summed E-state index contributed by atoms with van der Waals surface area (Å²) in [6.07, 6.45) is 2.44. The summed E-state index contributed by atoms with van der Waals surface area (Å²) in [6, 6.07) is 16.9. The van der Waals surface area contributed by atoms with Crippen LogP contribution >= 0.6 is 11.3 Å². The number of benzene rings is 3. The zero-order valence-corrected chi connectivity index (χ0v) is 20.9. The van der Waals surface area contributed by atoms with Crippen LogP contribution in [0.3, 0.4) is 0 Å². The first-order chi connectivity index (χ1) is 17.2. The number of nitrogens with one attached hydrogen (secondary N) is 1. The van der Waals surface area contributed by atoms with Crippen molar-refractivity contribution in [2.45, 2.75) is 39.5 Å². The van der Waals surface area contributed by atoms with Gasteiger partial charge in [0.15, 0.2) is 10.9 Å². The number of carbonyl (C=O) groups excluding carboxylic acids is 1. The number of rotatable bonds is 5. The van der Waals surface area contributed by atoms with Crippen LogP contribution in [0.1, 0.15) is 47.2 Å². The van der Waals surface area contributed by atoms with Crippen molar-refractivity contribution in [2.75, 3.05) is 5.32 Å². The second kappa shape index (κ2) is 10.9. The molecule has 8 heteroatoms. The van der Waals surface area contributed by atoms with E-state index in [1.807, 2.05) is 36.4 Å². The van der Waals surface area contributed by atoms with E-state index in [-0.39, 0.29) is 17.5 Å². The number of nitrogens with zero attached hydrogens (tertiary/aromatic N) is 1. The van der Waals surface area contributed by atoms with E-state index in [4.69, 9.17) is 15.0 Å². The molecule has 186 valence electrons. The van der Waals surface area contributed by atoms with E-state index in [0.717, 1.165) is 52.6 Å². The summed E-state index contributed by atoms with van der Waals surface area (Å²) in [7, 11) is 0. The lowest BCUT2D eigenvalue weighted by molar-refractivity contribution is 0.0922. The lowest BCUT2D eigenvalue weighted by atomic mass is 9.94. The molecular weight excluding hydrogens is 479 g/mol. The van der Waals surface area contributed by atoms with Gasteiger partial charge in [-0.2, -0.15) is 0 Å². The van der Waals surface area contributed by atoms with Gasteiger partial charge in [-0.25, -0.2) is 14.2 Å². The minimum absolute atomic E-state index is 0.166. The lowest BCUT2D eigenvalue weighted by Crippen LogP contribution is -2.10. The number of carboxylic acid groups (broad SMARTS) is 2. The highest BCUT2D eigenvalue weighted by Gasteiger charge is 2.23. The number of aromatic nitrogens is 1. The molecule has 4 aromatic rings. The molecule has 1 saturated carbocycles. The van der Waals surface area contributed by atoms with E-state index in [1.54, 1.807) is 6.07 Å². The Kier molecular flexibility index (Phi) is 7.64. The number of hydrogen-bond acceptors (Lipinski definition) is 5. The van der Waals surface area contributed by atoms with Crippen molar-refractivity contribution < 1.29 is 24.2 Å². The fourth-order valence-corrected chi connectivity index (χ4v) is 5.52. The van der Waals surface area contributed by atoms with E-state index in [9.17, 15) is 9.18 Å². The van der Waals surface area contributed by atoms with E-state index < -0.39 is 6.16 Å². The van der Waals surface area contributed by atoms with Gasteiger partial charge in [0.1, 0.15) is 5.82 Å². The topological polar surface area (TPSA) is 99.5 Å². The van der Waals surface area contributed by atoms with Crippen LogP contribution in [0.15, 0.2) is 54.6 Å². The second-order valence-electron chi connectivity index (χ2n) is 8.97.